The number of aliphatic hydroxyl groups is 1. The third kappa shape index (κ3) is 6.02. The van der Waals surface area contributed by atoms with E-state index < -0.39 is 6.10 Å². The van der Waals surface area contributed by atoms with E-state index in [1.165, 1.54) is 0 Å². The van der Waals surface area contributed by atoms with E-state index in [1.54, 1.807) is 31.4 Å². The molecule has 5 nitrogen and oxygen atoms in total. The van der Waals surface area contributed by atoms with Crippen LogP contribution in [0.2, 0.25) is 0 Å². The van der Waals surface area contributed by atoms with Crippen LogP contribution in [-0.4, -0.2) is 43.8 Å². The van der Waals surface area contributed by atoms with Crippen LogP contribution in [0.4, 0.5) is 0 Å². The van der Waals surface area contributed by atoms with Gasteiger partial charge in [-0.2, -0.15) is 0 Å². The maximum absolute atomic E-state index is 12.0. The van der Waals surface area contributed by atoms with Crippen molar-refractivity contribution < 1.29 is 19.4 Å². The first-order chi connectivity index (χ1) is 11.7. The molecule has 1 unspecified atom stereocenters. The van der Waals surface area contributed by atoms with E-state index >= 15 is 0 Å². The predicted molar refractivity (Wildman–Crippen MR) is 92.8 cm³/mol. The van der Waals surface area contributed by atoms with Crippen LogP contribution < -0.4 is 14.8 Å². The molecule has 1 atom stereocenters. The molecular weight excluding hydrogens is 306 g/mol. The number of benzene rings is 2. The highest BCUT2D eigenvalue weighted by Crippen LogP contribution is 2.12. The number of rotatable bonds is 10. The molecule has 2 N–H and O–H groups in total. The zero-order valence-corrected chi connectivity index (χ0v) is 13.8. The van der Waals surface area contributed by atoms with Crippen molar-refractivity contribution >= 4 is 5.78 Å². The lowest BCUT2D eigenvalue weighted by atomic mass is 10.1. The molecule has 5 heteroatoms. The normalized spacial score (nSPS) is 11.8. The first-order valence-corrected chi connectivity index (χ1v) is 7.93. The van der Waals surface area contributed by atoms with Gasteiger partial charge in [-0.15, -0.1) is 0 Å². The molecule has 0 aliphatic rings. The van der Waals surface area contributed by atoms with Gasteiger partial charge in [0.25, 0.3) is 0 Å². The number of para-hydroxylation sites is 1. The van der Waals surface area contributed by atoms with Crippen molar-refractivity contribution in [2.75, 3.05) is 26.8 Å². The summed E-state index contributed by atoms with van der Waals surface area (Å²) in [4.78, 5) is 12.0. The molecule has 2 aromatic rings. The molecule has 0 amide bonds. The Labute approximate surface area is 142 Å². The van der Waals surface area contributed by atoms with Gasteiger partial charge in [0.15, 0.2) is 5.78 Å². The Balaban J connectivity index is 1.62. The number of carbonyl (C=O) groups excluding carboxylic acids is 1. The molecule has 24 heavy (non-hydrogen) atoms. The Morgan fingerprint density at radius 3 is 2.46 bits per heavy atom. The van der Waals surface area contributed by atoms with Gasteiger partial charge in [0.05, 0.1) is 7.11 Å². The van der Waals surface area contributed by atoms with Crippen molar-refractivity contribution in [2.24, 2.45) is 0 Å². The third-order valence-corrected chi connectivity index (χ3v) is 3.51. The Bertz CT molecular complexity index is 613. The van der Waals surface area contributed by atoms with E-state index in [9.17, 15) is 9.90 Å². The molecule has 0 saturated heterocycles. The molecule has 2 rings (SSSR count). The van der Waals surface area contributed by atoms with E-state index in [0.717, 1.165) is 11.5 Å². The summed E-state index contributed by atoms with van der Waals surface area (Å²) in [5.74, 6) is 1.51. The number of nitrogens with one attached hydrogen (secondary N) is 1. The van der Waals surface area contributed by atoms with Crippen LogP contribution in [-0.2, 0) is 0 Å². The van der Waals surface area contributed by atoms with Crippen molar-refractivity contribution in [3.63, 3.8) is 0 Å². The Hall–Kier alpha value is -2.37. The van der Waals surface area contributed by atoms with Crippen LogP contribution in [0.5, 0.6) is 11.5 Å². The Kier molecular flexibility index (Phi) is 7.26. The summed E-state index contributed by atoms with van der Waals surface area (Å²) < 4.78 is 10.5. The molecule has 0 bridgehead atoms. The standard InChI is InChI=1S/C19H23NO4/c1-23-17-9-7-15(8-10-17)19(22)11-12-20-13-16(21)14-24-18-5-3-2-4-6-18/h2-10,16,20-21H,11-14H2,1H3. The molecular formula is C19H23NO4. The number of ether oxygens (including phenoxy) is 2. The first-order valence-electron chi connectivity index (χ1n) is 7.93. The van der Waals surface area contributed by atoms with E-state index in [-0.39, 0.29) is 12.4 Å². The van der Waals surface area contributed by atoms with Gasteiger partial charge in [-0.05, 0) is 36.4 Å². The summed E-state index contributed by atoms with van der Waals surface area (Å²) in [5.41, 5.74) is 0.658. The van der Waals surface area contributed by atoms with Gasteiger partial charge in [-0.25, -0.2) is 0 Å². The monoisotopic (exact) mass is 329 g/mol. The molecule has 2 aromatic carbocycles. The van der Waals surface area contributed by atoms with Gasteiger partial charge < -0.3 is 19.9 Å². The van der Waals surface area contributed by atoms with Crippen LogP contribution in [0.25, 0.3) is 0 Å². The van der Waals surface area contributed by atoms with Crippen molar-refractivity contribution in [3.05, 3.63) is 60.2 Å². The second-order valence-corrected chi connectivity index (χ2v) is 5.38. The fourth-order valence-corrected chi connectivity index (χ4v) is 2.16. The number of hydrogen-bond acceptors (Lipinski definition) is 5. The summed E-state index contributed by atoms with van der Waals surface area (Å²) >= 11 is 0. The summed E-state index contributed by atoms with van der Waals surface area (Å²) in [6.45, 7) is 1.10. The summed E-state index contributed by atoms with van der Waals surface area (Å²) in [6, 6.07) is 16.4. The molecule has 128 valence electrons. The first kappa shape index (κ1) is 18.0. The highest BCUT2D eigenvalue weighted by Gasteiger charge is 2.08. The molecule has 0 spiro atoms. The molecule has 0 radical (unpaired) electrons. The number of carbonyl (C=O) groups is 1. The van der Waals surface area contributed by atoms with E-state index in [1.807, 2.05) is 30.3 Å². The average Bonchev–Trinajstić information content (AvgIpc) is 2.64. The van der Waals surface area contributed by atoms with Crippen LogP contribution >= 0.6 is 0 Å². The minimum Gasteiger partial charge on any atom is -0.497 e. The average molecular weight is 329 g/mol. The molecule has 0 heterocycles. The van der Waals surface area contributed by atoms with Crippen LogP contribution in [0, 0.1) is 0 Å². The lowest BCUT2D eigenvalue weighted by Crippen LogP contribution is -2.32. The van der Waals surface area contributed by atoms with E-state index in [0.29, 0.717) is 25.1 Å². The highest BCUT2D eigenvalue weighted by atomic mass is 16.5. The fraction of sp³-hybridized carbons (Fsp3) is 0.316. The lowest BCUT2D eigenvalue weighted by Gasteiger charge is -2.13. The van der Waals surface area contributed by atoms with Gasteiger partial charge in [-0.1, -0.05) is 18.2 Å². The molecule has 0 fully saturated rings. The molecule has 0 saturated carbocycles. The summed E-state index contributed by atoms with van der Waals surface area (Å²) in [6.07, 6.45) is -0.250. The third-order valence-electron chi connectivity index (χ3n) is 3.51. The maximum atomic E-state index is 12.0. The fourth-order valence-electron chi connectivity index (χ4n) is 2.16. The smallest absolute Gasteiger partial charge is 0.164 e. The second kappa shape index (κ2) is 9.70. The maximum Gasteiger partial charge on any atom is 0.164 e. The Morgan fingerprint density at radius 2 is 1.79 bits per heavy atom. The van der Waals surface area contributed by atoms with Crippen molar-refractivity contribution in [1.29, 1.82) is 0 Å². The number of hydrogen-bond donors (Lipinski definition) is 2. The quantitative estimate of drug-likeness (QED) is 0.517. The second-order valence-electron chi connectivity index (χ2n) is 5.38. The zero-order chi connectivity index (χ0) is 17.2. The van der Waals surface area contributed by atoms with Gasteiger partial charge in [-0.3, -0.25) is 4.79 Å². The minimum absolute atomic E-state index is 0.0557. The number of ketones is 1. The van der Waals surface area contributed by atoms with Gasteiger partial charge in [0.2, 0.25) is 0 Å². The molecule has 0 aromatic heterocycles. The van der Waals surface area contributed by atoms with E-state index in [2.05, 4.69) is 5.32 Å². The lowest BCUT2D eigenvalue weighted by molar-refractivity contribution is 0.0963. The van der Waals surface area contributed by atoms with Gasteiger partial charge >= 0.3 is 0 Å². The van der Waals surface area contributed by atoms with Gasteiger partial charge in [0, 0.05) is 25.1 Å². The largest absolute Gasteiger partial charge is 0.497 e. The number of methoxy groups -OCH3 is 1. The van der Waals surface area contributed by atoms with Crippen molar-refractivity contribution in [3.8, 4) is 11.5 Å². The zero-order valence-electron chi connectivity index (χ0n) is 13.8. The molecule has 0 aliphatic heterocycles. The highest BCUT2D eigenvalue weighted by molar-refractivity contribution is 5.96. The Morgan fingerprint density at radius 1 is 1.08 bits per heavy atom. The van der Waals surface area contributed by atoms with Crippen molar-refractivity contribution in [2.45, 2.75) is 12.5 Å². The van der Waals surface area contributed by atoms with E-state index in [4.69, 9.17) is 9.47 Å². The SMILES string of the molecule is COc1ccc(C(=O)CCNCC(O)COc2ccccc2)cc1. The predicted octanol–water partition coefficient (Wildman–Crippen LogP) is 2.30. The van der Waals surface area contributed by atoms with Gasteiger partial charge in [0.1, 0.15) is 24.2 Å². The number of aliphatic hydroxyl groups excluding tert-OH is 1. The van der Waals surface area contributed by atoms with Crippen LogP contribution in [0.1, 0.15) is 16.8 Å². The summed E-state index contributed by atoms with van der Waals surface area (Å²) in [7, 11) is 1.59. The summed E-state index contributed by atoms with van der Waals surface area (Å²) in [5, 5.41) is 12.9. The van der Waals surface area contributed by atoms with Crippen LogP contribution in [0.3, 0.4) is 0 Å². The number of Topliss-reactive ketones (excluding diaryl/α,β-unsaturated/α-hetero) is 1. The minimum atomic E-state index is -0.624. The molecule has 0 aliphatic carbocycles. The van der Waals surface area contributed by atoms with Crippen molar-refractivity contribution in [1.82, 2.24) is 5.32 Å². The topological polar surface area (TPSA) is 67.8 Å². The van der Waals surface area contributed by atoms with Crippen LogP contribution in [0.15, 0.2) is 54.6 Å².